The Labute approximate surface area is 172 Å². The van der Waals surface area contributed by atoms with Crippen LogP contribution in [-0.4, -0.2) is 35.7 Å². The first-order valence-electron chi connectivity index (χ1n) is 9.17. The van der Waals surface area contributed by atoms with Crippen molar-refractivity contribution in [2.75, 3.05) is 6.61 Å². The van der Waals surface area contributed by atoms with Crippen molar-refractivity contribution in [3.05, 3.63) is 65.7 Å². The lowest BCUT2D eigenvalue weighted by Gasteiger charge is -2.26. The van der Waals surface area contributed by atoms with Crippen molar-refractivity contribution in [2.24, 2.45) is 10.9 Å². The third kappa shape index (κ3) is 4.93. The Bertz CT molecular complexity index is 976. The number of nitrogens with zero attached hydrogens (tertiary/aromatic N) is 1. The van der Waals surface area contributed by atoms with Gasteiger partial charge in [-0.1, -0.05) is 47.6 Å². The van der Waals surface area contributed by atoms with Crippen molar-refractivity contribution in [1.29, 1.82) is 0 Å². The quantitative estimate of drug-likeness (QED) is 0.589. The van der Waals surface area contributed by atoms with Gasteiger partial charge in [0.05, 0.1) is 5.71 Å². The van der Waals surface area contributed by atoms with Crippen LogP contribution in [0.1, 0.15) is 24.0 Å². The van der Waals surface area contributed by atoms with Crippen molar-refractivity contribution in [1.82, 2.24) is 5.32 Å². The number of hydrogen-bond donors (Lipinski definition) is 2. The molecule has 0 fully saturated rings. The van der Waals surface area contributed by atoms with Crippen LogP contribution in [0.25, 0.3) is 0 Å². The van der Waals surface area contributed by atoms with Crippen molar-refractivity contribution < 1.29 is 29.1 Å². The monoisotopic (exact) mass is 410 g/mol. The van der Waals surface area contributed by atoms with Crippen LogP contribution in [0.5, 0.6) is 5.75 Å². The van der Waals surface area contributed by atoms with Crippen LogP contribution in [-0.2, 0) is 25.8 Å². The maximum Gasteiger partial charge on any atom is 0.268 e. The zero-order valence-electron chi connectivity index (χ0n) is 16.0. The number of benzene rings is 2. The number of carbonyl (C=O) groups is 3. The van der Waals surface area contributed by atoms with Gasteiger partial charge >= 0.3 is 0 Å². The second kappa shape index (κ2) is 9.08. The number of carboxylic acid groups (broad SMARTS) is 1. The predicted molar refractivity (Wildman–Crippen MR) is 104 cm³/mol. The molecule has 0 saturated carbocycles. The third-order valence-electron chi connectivity index (χ3n) is 4.49. The number of primary amides is 1. The molecule has 2 amide bonds. The first-order chi connectivity index (χ1) is 14.4. The molecule has 1 heterocycles. The number of rotatable bonds is 9. The van der Waals surface area contributed by atoms with E-state index in [1.54, 1.807) is 24.3 Å². The molecular weight excluding hydrogens is 390 g/mol. The third-order valence-corrected chi connectivity index (χ3v) is 4.49. The van der Waals surface area contributed by atoms with Gasteiger partial charge < -0.3 is 30.5 Å². The number of hydrogen-bond acceptors (Lipinski definition) is 7. The molecule has 0 saturated heterocycles. The topological polar surface area (TPSA) is 143 Å². The van der Waals surface area contributed by atoms with Gasteiger partial charge in [-0.15, -0.1) is 0 Å². The van der Waals surface area contributed by atoms with E-state index in [0.29, 0.717) is 17.0 Å². The highest BCUT2D eigenvalue weighted by atomic mass is 16.7. The van der Waals surface area contributed by atoms with E-state index in [1.165, 1.54) is 0 Å². The second-order valence-electron chi connectivity index (χ2n) is 6.77. The van der Waals surface area contributed by atoms with Crippen LogP contribution in [0.3, 0.4) is 0 Å². The second-order valence-corrected chi connectivity index (χ2v) is 6.77. The maximum atomic E-state index is 12.9. The Morgan fingerprint density at radius 3 is 2.53 bits per heavy atom. The summed E-state index contributed by atoms with van der Waals surface area (Å²) in [6.45, 7) is -0.141. The van der Waals surface area contributed by atoms with Gasteiger partial charge in [0.25, 0.3) is 11.8 Å². The van der Waals surface area contributed by atoms with Gasteiger partial charge in [-0.2, -0.15) is 0 Å². The van der Waals surface area contributed by atoms with Crippen molar-refractivity contribution >= 4 is 23.5 Å². The predicted octanol–water partition coefficient (Wildman–Crippen LogP) is -0.130. The number of nitrogens with two attached hydrogens (primary N) is 1. The number of oxime groups is 1. The number of para-hydroxylation sites is 1. The molecule has 3 rings (SSSR count). The van der Waals surface area contributed by atoms with Crippen molar-refractivity contribution in [3.8, 4) is 5.75 Å². The standard InChI is InChI=1S/C21H21N3O6/c22-18(25)13-29-17-9-5-4-8-15(17)16-10-21(30-24-16,11-19(26)27)20(28)23-12-14-6-2-1-3-7-14/h1-9H,10-13H2,(H2,22,25)(H,23,28)(H,26,27)/p-1/t21-/m0/s1. The molecule has 0 spiro atoms. The minimum Gasteiger partial charge on any atom is -0.550 e. The molecule has 0 aromatic heterocycles. The van der Waals surface area contributed by atoms with Crippen LogP contribution in [0.2, 0.25) is 0 Å². The highest BCUT2D eigenvalue weighted by molar-refractivity contribution is 6.07. The van der Waals surface area contributed by atoms with Crippen LogP contribution >= 0.6 is 0 Å². The molecule has 3 N–H and O–H groups in total. The zero-order chi connectivity index (χ0) is 21.6. The number of carbonyl (C=O) groups excluding carboxylic acids is 3. The fourth-order valence-electron chi connectivity index (χ4n) is 3.07. The van der Waals surface area contributed by atoms with E-state index in [4.69, 9.17) is 15.3 Å². The fourth-order valence-corrected chi connectivity index (χ4v) is 3.07. The SMILES string of the molecule is NC(=O)COc1ccccc1C1=NO[C@@](CC(=O)[O-])(C(=O)NCc2ccccc2)C1. The number of carboxylic acids is 1. The smallest absolute Gasteiger partial charge is 0.268 e. The molecule has 0 aliphatic carbocycles. The summed E-state index contributed by atoms with van der Waals surface area (Å²) in [7, 11) is 0. The van der Waals surface area contributed by atoms with E-state index >= 15 is 0 Å². The highest BCUT2D eigenvalue weighted by Gasteiger charge is 2.47. The largest absolute Gasteiger partial charge is 0.550 e. The van der Waals surface area contributed by atoms with Gasteiger partial charge in [-0.05, 0) is 17.7 Å². The Morgan fingerprint density at radius 1 is 1.13 bits per heavy atom. The summed E-state index contributed by atoms with van der Waals surface area (Å²) in [5, 5.41) is 18.0. The summed E-state index contributed by atoms with van der Waals surface area (Å²) in [5.74, 6) is -2.40. The Morgan fingerprint density at radius 2 is 1.83 bits per heavy atom. The van der Waals surface area contributed by atoms with Gasteiger partial charge in [0.15, 0.2) is 6.61 Å². The summed E-state index contributed by atoms with van der Waals surface area (Å²) in [6, 6.07) is 15.8. The summed E-state index contributed by atoms with van der Waals surface area (Å²) in [5.41, 5.74) is 4.99. The number of aliphatic carboxylic acids is 1. The van der Waals surface area contributed by atoms with E-state index in [0.717, 1.165) is 5.56 Å². The van der Waals surface area contributed by atoms with Gasteiger partial charge in [0.1, 0.15) is 5.75 Å². The Balaban J connectivity index is 1.78. The van der Waals surface area contributed by atoms with Gasteiger partial charge in [0.2, 0.25) is 5.60 Å². The molecule has 1 aliphatic rings. The molecule has 156 valence electrons. The normalized spacial score (nSPS) is 17.5. The van der Waals surface area contributed by atoms with Gasteiger partial charge in [0, 0.05) is 30.9 Å². The Kier molecular flexibility index (Phi) is 6.31. The molecule has 0 radical (unpaired) electrons. The molecule has 0 bridgehead atoms. The molecule has 2 aromatic rings. The maximum absolute atomic E-state index is 12.9. The molecule has 9 nitrogen and oxygen atoms in total. The summed E-state index contributed by atoms with van der Waals surface area (Å²) < 4.78 is 5.39. The minimum atomic E-state index is -1.75. The molecule has 30 heavy (non-hydrogen) atoms. The summed E-state index contributed by atoms with van der Waals surface area (Å²) in [6.07, 6.45) is -0.788. The average Bonchev–Trinajstić information content (AvgIpc) is 3.16. The summed E-state index contributed by atoms with van der Waals surface area (Å²) in [4.78, 5) is 40.6. The first kappa shape index (κ1) is 20.8. The molecular formula is C21H20N3O6-. The number of amides is 2. The molecule has 9 heteroatoms. The van der Waals surface area contributed by atoms with Crippen LogP contribution < -0.4 is 20.9 Å². The highest BCUT2D eigenvalue weighted by Crippen LogP contribution is 2.33. The van der Waals surface area contributed by atoms with E-state index < -0.39 is 29.8 Å². The van der Waals surface area contributed by atoms with E-state index in [1.807, 2.05) is 30.3 Å². The van der Waals surface area contributed by atoms with E-state index in [2.05, 4.69) is 10.5 Å². The average molecular weight is 410 g/mol. The lowest BCUT2D eigenvalue weighted by molar-refractivity contribution is -0.309. The molecule has 2 aromatic carbocycles. The van der Waals surface area contributed by atoms with Gasteiger partial charge in [-0.25, -0.2) is 0 Å². The Hall–Kier alpha value is -3.88. The van der Waals surface area contributed by atoms with E-state index in [9.17, 15) is 19.5 Å². The zero-order valence-corrected chi connectivity index (χ0v) is 16.0. The van der Waals surface area contributed by atoms with Crippen LogP contribution in [0.15, 0.2) is 59.8 Å². The van der Waals surface area contributed by atoms with E-state index in [-0.39, 0.29) is 19.6 Å². The first-order valence-corrected chi connectivity index (χ1v) is 9.17. The number of nitrogens with one attached hydrogen (secondary N) is 1. The van der Waals surface area contributed by atoms with Gasteiger partial charge in [-0.3, -0.25) is 9.59 Å². The molecule has 1 aliphatic heterocycles. The van der Waals surface area contributed by atoms with Crippen LogP contribution in [0.4, 0.5) is 0 Å². The molecule has 1 atom stereocenters. The van der Waals surface area contributed by atoms with Crippen molar-refractivity contribution in [3.63, 3.8) is 0 Å². The lowest BCUT2D eigenvalue weighted by Crippen LogP contribution is -2.50. The summed E-state index contributed by atoms with van der Waals surface area (Å²) >= 11 is 0. The molecule has 0 unspecified atom stereocenters. The fraction of sp³-hybridized carbons (Fsp3) is 0.238. The van der Waals surface area contributed by atoms with Crippen LogP contribution in [0, 0.1) is 0 Å². The van der Waals surface area contributed by atoms with Crippen molar-refractivity contribution in [2.45, 2.75) is 25.0 Å². The minimum absolute atomic E-state index is 0.113. The number of ether oxygens (including phenoxy) is 1. The lowest BCUT2D eigenvalue weighted by atomic mass is 9.89.